The number of nitrogens with one attached hydrogen (secondary N) is 1. The van der Waals surface area contributed by atoms with Gasteiger partial charge in [-0.3, -0.25) is 9.59 Å². The van der Waals surface area contributed by atoms with E-state index in [-0.39, 0.29) is 11.8 Å². The summed E-state index contributed by atoms with van der Waals surface area (Å²) in [7, 11) is 0. The molecule has 1 aromatic heterocycles. The lowest BCUT2D eigenvalue weighted by molar-refractivity contribution is -0.119. The van der Waals surface area contributed by atoms with Gasteiger partial charge >= 0.3 is 0 Å². The number of likely N-dealkylation sites (tertiary alicyclic amines) is 1. The molecule has 1 unspecified atom stereocenters. The lowest BCUT2D eigenvalue weighted by Gasteiger charge is -2.24. The van der Waals surface area contributed by atoms with Gasteiger partial charge in [0, 0.05) is 17.8 Å². The average Bonchev–Trinajstić information content (AvgIpc) is 3.06. The van der Waals surface area contributed by atoms with Crippen LogP contribution in [0.25, 0.3) is 0 Å². The predicted molar refractivity (Wildman–Crippen MR) is 98.1 cm³/mol. The fraction of sp³-hybridized carbons (Fsp3) is 0.278. The van der Waals surface area contributed by atoms with Crippen LogP contribution in [0, 0.1) is 6.92 Å². The van der Waals surface area contributed by atoms with Gasteiger partial charge in [-0.25, -0.2) is 4.98 Å². The average molecular weight is 378 g/mol. The Bertz CT molecular complexity index is 826. The number of aryl methyl sites for hydroxylation is 1. The van der Waals surface area contributed by atoms with Gasteiger partial charge in [-0.1, -0.05) is 29.3 Å². The van der Waals surface area contributed by atoms with Crippen LogP contribution in [0.3, 0.4) is 0 Å². The third kappa shape index (κ3) is 3.94. The van der Waals surface area contributed by atoms with Crippen molar-refractivity contribution in [1.82, 2.24) is 9.88 Å². The van der Waals surface area contributed by atoms with Crippen LogP contribution in [0.5, 0.6) is 0 Å². The zero-order valence-electron chi connectivity index (χ0n) is 13.6. The van der Waals surface area contributed by atoms with Crippen LogP contribution in [0.1, 0.15) is 28.9 Å². The molecule has 130 valence electrons. The summed E-state index contributed by atoms with van der Waals surface area (Å²) in [5.41, 5.74) is 1.23. The van der Waals surface area contributed by atoms with Crippen LogP contribution in [0.2, 0.25) is 10.0 Å². The van der Waals surface area contributed by atoms with Crippen molar-refractivity contribution in [2.45, 2.75) is 25.8 Å². The molecule has 3 rings (SSSR count). The first-order valence-corrected chi connectivity index (χ1v) is 8.72. The summed E-state index contributed by atoms with van der Waals surface area (Å²) in [5, 5.41) is 3.50. The van der Waals surface area contributed by atoms with Gasteiger partial charge in [-0.05, 0) is 50.1 Å². The lowest BCUT2D eigenvalue weighted by Crippen LogP contribution is -2.43. The number of rotatable bonds is 3. The monoisotopic (exact) mass is 377 g/mol. The second-order valence-corrected chi connectivity index (χ2v) is 6.75. The standard InChI is InChI=1S/C18H17Cl2N3O2/c1-11-4-2-6-16(21-11)22-17(24)15-5-3-9-23(15)18(25)12-7-8-13(19)14(20)10-12/h2,4,6-8,10,15H,3,5,9H2,1H3,(H,21,22,24). The first-order chi connectivity index (χ1) is 12.0. The van der Waals surface area contributed by atoms with E-state index in [4.69, 9.17) is 23.2 Å². The normalized spacial score (nSPS) is 16.8. The molecule has 0 radical (unpaired) electrons. The molecule has 2 heterocycles. The molecule has 1 aromatic carbocycles. The second-order valence-electron chi connectivity index (χ2n) is 5.94. The summed E-state index contributed by atoms with van der Waals surface area (Å²) in [6.45, 7) is 2.38. The number of halogens is 2. The number of benzene rings is 1. The Hall–Kier alpha value is -2.11. The number of carbonyl (C=O) groups excluding carboxylic acids is 2. The molecule has 25 heavy (non-hydrogen) atoms. The number of pyridine rings is 1. The highest BCUT2D eigenvalue weighted by Gasteiger charge is 2.34. The van der Waals surface area contributed by atoms with Crippen molar-refractivity contribution in [2.24, 2.45) is 0 Å². The van der Waals surface area contributed by atoms with Gasteiger partial charge in [0.2, 0.25) is 5.91 Å². The number of hydrogen-bond donors (Lipinski definition) is 1. The Kier molecular flexibility index (Phi) is 5.25. The van der Waals surface area contributed by atoms with Crippen LogP contribution >= 0.6 is 23.2 Å². The predicted octanol–water partition coefficient (Wildman–Crippen LogP) is 3.94. The molecule has 1 fully saturated rings. The summed E-state index contributed by atoms with van der Waals surface area (Å²) in [6.07, 6.45) is 1.39. The summed E-state index contributed by atoms with van der Waals surface area (Å²) in [6, 6.07) is 9.61. The highest BCUT2D eigenvalue weighted by Crippen LogP contribution is 2.26. The molecule has 0 bridgehead atoms. The highest BCUT2D eigenvalue weighted by molar-refractivity contribution is 6.42. The van der Waals surface area contributed by atoms with Gasteiger partial charge in [0.15, 0.2) is 0 Å². The summed E-state index contributed by atoms with van der Waals surface area (Å²) in [5.74, 6) is 0.0243. The highest BCUT2D eigenvalue weighted by atomic mass is 35.5. The number of carbonyl (C=O) groups is 2. The Morgan fingerprint density at radius 2 is 2.00 bits per heavy atom. The maximum atomic E-state index is 12.8. The van der Waals surface area contributed by atoms with E-state index in [2.05, 4.69) is 10.3 Å². The Balaban J connectivity index is 1.76. The van der Waals surface area contributed by atoms with E-state index < -0.39 is 6.04 Å². The zero-order chi connectivity index (χ0) is 18.0. The molecular weight excluding hydrogens is 361 g/mol. The third-order valence-electron chi connectivity index (χ3n) is 4.12. The minimum atomic E-state index is -0.524. The summed E-state index contributed by atoms with van der Waals surface area (Å²) >= 11 is 11.9. The van der Waals surface area contributed by atoms with Gasteiger partial charge in [0.1, 0.15) is 11.9 Å². The van der Waals surface area contributed by atoms with Crippen molar-refractivity contribution < 1.29 is 9.59 Å². The minimum Gasteiger partial charge on any atom is -0.327 e. The quantitative estimate of drug-likeness (QED) is 0.880. The van der Waals surface area contributed by atoms with E-state index >= 15 is 0 Å². The molecule has 1 N–H and O–H groups in total. The van der Waals surface area contributed by atoms with Crippen molar-refractivity contribution in [3.63, 3.8) is 0 Å². The fourth-order valence-electron chi connectivity index (χ4n) is 2.90. The van der Waals surface area contributed by atoms with E-state index in [1.54, 1.807) is 23.1 Å². The van der Waals surface area contributed by atoms with Gasteiger partial charge < -0.3 is 10.2 Å². The molecule has 7 heteroatoms. The van der Waals surface area contributed by atoms with Gasteiger partial charge in [-0.15, -0.1) is 0 Å². The number of nitrogens with zero attached hydrogens (tertiary/aromatic N) is 2. The van der Waals surface area contributed by atoms with Crippen molar-refractivity contribution in [3.8, 4) is 0 Å². The number of anilines is 1. The second kappa shape index (κ2) is 7.42. The molecule has 0 aliphatic carbocycles. The number of hydrogen-bond acceptors (Lipinski definition) is 3. The fourth-order valence-corrected chi connectivity index (χ4v) is 3.20. The Morgan fingerprint density at radius 1 is 1.20 bits per heavy atom. The first-order valence-electron chi connectivity index (χ1n) is 7.96. The Morgan fingerprint density at radius 3 is 2.72 bits per heavy atom. The van der Waals surface area contributed by atoms with Crippen LogP contribution in [-0.4, -0.2) is 34.3 Å². The molecule has 1 atom stereocenters. The number of aromatic nitrogens is 1. The van der Waals surface area contributed by atoms with Crippen molar-refractivity contribution in [3.05, 3.63) is 57.7 Å². The van der Waals surface area contributed by atoms with Crippen LogP contribution in [-0.2, 0) is 4.79 Å². The molecule has 2 aromatic rings. The molecule has 5 nitrogen and oxygen atoms in total. The van der Waals surface area contributed by atoms with Crippen molar-refractivity contribution >= 4 is 40.8 Å². The summed E-state index contributed by atoms with van der Waals surface area (Å²) < 4.78 is 0. The van der Waals surface area contributed by atoms with E-state index in [1.165, 1.54) is 6.07 Å². The third-order valence-corrected chi connectivity index (χ3v) is 4.86. The molecule has 0 spiro atoms. The largest absolute Gasteiger partial charge is 0.327 e. The van der Waals surface area contributed by atoms with Crippen LogP contribution < -0.4 is 5.32 Å². The van der Waals surface area contributed by atoms with Gasteiger partial charge in [-0.2, -0.15) is 0 Å². The SMILES string of the molecule is Cc1cccc(NC(=O)C2CCCN2C(=O)c2ccc(Cl)c(Cl)c2)n1. The minimum absolute atomic E-state index is 0.228. The van der Waals surface area contributed by atoms with Crippen molar-refractivity contribution in [2.75, 3.05) is 11.9 Å². The molecule has 1 saturated heterocycles. The molecule has 1 aliphatic heterocycles. The molecule has 1 aliphatic rings. The smallest absolute Gasteiger partial charge is 0.254 e. The Labute approximate surface area is 155 Å². The van der Waals surface area contributed by atoms with Crippen LogP contribution in [0.4, 0.5) is 5.82 Å². The zero-order valence-corrected chi connectivity index (χ0v) is 15.1. The van der Waals surface area contributed by atoms with Gasteiger partial charge in [0.05, 0.1) is 10.0 Å². The molecular formula is C18H17Cl2N3O2. The van der Waals surface area contributed by atoms with E-state index in [0.717, 1.165) is 12.1 Å². The lowest BCUT2D eigenvalue weighted by atomic mass is 10.1. The molecule has 0 saturated carbocycles. The van der Waals surface area contributed by atoms with Crippen molar-refractivity contribution in [1.29, 1.82) is 0 Å². The van der Waals surface area contributed by atoms with E-state index in [0.29, 0.717) is 34.4 Å². The van der Waals surface area contributed by atoms with Crippen LogP contribution in [0.15, 0.2) is 36.4 Å². The van der Waals surface area contributed by atoms with Gasteiger partial charge in [0.25, 0.3) is 5.91 Å². The maximum absolute atomic E-state index is 12.8. The summed E-state index contributed by atoms with van der Waals surface area (Å²) in [4.78, 5) is 31.2. The first kappa shape index (κ1) is 17.7. The topological polar surface area (TPSA) is 62.3 Å². The van der Waals surface area contributed by atoms with E-state index in [9.17, 15) is 9.59 Å². The number of amides is 2. The van der Waals surface area contributed by atoms with E-state index in [1.807, 2.05) is 19.1 Å². The molecule has 2 amide bonds. The maximum Gasteiger partial charge on any atom is 0.254 e.